The minimum atomic E-state index is -0.632. The lowest BCUT2D eigenvalue weighted by Crippen LogP contribution is -2.27. The lowest BCUT2D eigenvalue weighted by molar-refractivity contribution is 0.0936. The number of amides is 1. The highest BCUT2D eigenvalue weighted by Crippen LogP contribution is 2.16. The molecule has 5 heteroatoms. The van der Waals surface area contributed by atoms with Gasteiger partial charge in [0.15, 0.2) is 0 Å². The number of halogens is 2. The van der Waals surface area contributed by atoms with Crippen LogP contribution in [0.5, 0.6) is 0 Å². The summed E-state index contributed by atoms with van der Waals surface area (Å²) in [5.74, 6) is -1.11. The molecule has 1 heterocycles. The van der Waals surface area contributed by atoms with E-state index in [0.717, 1.165) is 11.6 Å². The Kier molecular flexibility index (Phi) is 4.12. The number of carbonyl (C=O) groups excluding carboxylic acids is 1. The Morgan fingerprint density at radius 1 is 1.32 bits per heavy atom. The Morgan fingerprint density at radius 2 is 2.00 bits per heavy atom. The van der Waals surface area contributed by atoms with Crippen molar-refractivity contribution in [3.8, 4) is 0 Å². The van der Waals surface area contributed by atoms with Crippen LogP contribution < -0.4 is 5.32 Å². The molecule has 0 saturated carbocycles. The summed E-state index contributed by atoms with van der Waals surface area (Å²) in [4.78, 5) is 15.9. The maximum Gasteiger partial charge on any atom is 0.254 e. The summed E-state index contributed by atoms with van der Waals surface area (Å²) >= 11 is 5.64. The Bertz CT molecular complexity index is 589. The fourth-order valence-electron chi connectivity index (χ4n) is 1.68. The maximum absolute atomic E-state index is 13.6. The molecule has 0 fully saturated rings. The molecule has 2 aromatic rings. The van der Waals surface area contributed by atoms with Crippen LogP contribution in [0.2, 0.25) is 5.02 Å². The molecule has 0 aliphatic heterocycles. The van der Waals surface area contributed by atoms with Crippen LogP contribution in [0.4, 0.5) is 4.39 Å². The molecule has 0 spiro atoms. The van der Waals surface area contributed by atoms with E-state index in [1.165, 1.54) is 12.1 Å². The van der Waals surface area contributed by atoms with Gasteiger partial charge in [0.2, 0.25) is 0 Å². The molecule has 2 rings (SSSR count). The van der Waals surface area contributed by atoms with Crippen molar-refractivity contribution in [1.82, 2.24) is 10.3 Å². The summed E-state index contributed by atoms with van der Waals surface area (Å²) in [5.41, 5.74) is 0.878. The first kappa shape index (κ1) is 13.5. The van der Waals surface area contributed by atoms with Gasteiger partial charge in [-0.15, -0.1) is 0 Å². The molecule has 19 heavy (non-hydrogen) atoms. The van der Waals surface area contributed by atoms with Crippen molar-refractivity contribution < 1.29 is 9.18 Å². The van der Waals surface area contributed by atoms with Crippen molar-refractivity contribution >= 4 is 17.5 Å². The highest BCUT2D eigenvalue weighted by atomic mass is 35.5. The second-order valence-corrected chi connectivity index (χ2v) is 4.54. The molecule has 0 aliphatic rings. The number of pyridine rings is 1. The molecule has 98 valence electrons. The predicted molar refractivity (Wildman–Crippen MR) is 71.5 cm³/mol. The lowest BCUT2D eigenvalue weighted by atomic mass is 10.1. The van der Waals surface area contributed by atoms with Crippen LogP contribution in [-0.4, -0.2) is 10.9 Å². The van der Waals surface area contributed by atoms with E-state index in [1.807, 2.05) is 6.92 Å². The molecule has 1 unspecified atom stereocenters. The smallest absolute Gasteiger partial charge is 0.254 e. The molecule has 0 aliphatic carbocycles. The molecule has 0 bridgehead atoms. The quantitative estimate of drug-likeness (QED) is 0.935. The number of rotatable bonds is 3. The molecular weight excluding hydrogens is 267 g/mol. The largest absolute Gasteiger partial charge is 0.345 e. The highest BCUT2D eigenvalue weighted by molar-refractivity contribution is 6.30. The third kappa shape index (κ3) is 3.29. The number of benzene rings is 1. The molecule has 3 nitrogen and oxygen atoms in total. The molecule has 1 aromatic heterocycles. The number of nitrogens with zero attached hydrogens (tertiary/aromatic N) is 1. The van der Waals surface area contributed by atoms with E-state index in [1.54, 1.807) is 24.5 Å². The van der Waals surface area contributed by atoms with Gasteiger partial charge in [-0.2, -0.15) is 0 Å². The van der Waals surface area contributed by atoms with Gasteiger partial charge in [0.25, 0.3) is 5.91 Å². The summed E-state index contributed by atoms with van der Waals surface area (Å²) < 4.78 is 13.6. The SMILES string of the molecule is CC(NC(=O)c1ccc(Cl)cc1F)c1ccncc1. The van der Waals surface area contributed by atoms with Crippen molar-refractivity contribution in [2.24, 2.45) is 0 Å². The van der Waals surface area contributed by atoms with E-state index in [9.17, 15) is 9.18 Å². The van der Waals surface area contributed by atoms with Gasteiger partial charge in [-0.25, -0.2) is 4.39 Å². The monoisotopic (exact) mass is 278 g/mol. The van der Waals surface area contributed by atoms with E-state index in [4.69, 9.17) is 11.6 Å². The van der Waals surface area contributed by atoms with E-state index in [-0.39, 0.29) is 16.6 Å². The zero-order chi connectivity index (χ0) is 13.8. The summed E-state index contributed by atoms with van der Waals surface area (Å²) in [6, 6.07) is 7.33. The van der Waals surface area contributed by atoms with Crippen molar-refractivity contribution in [2.45, 2.75) is 13.0 Å². The van der Waals surface area contributed by atoms with E-state index in [2.05, 4.69) is 10.3 Å². The van der Waals surface area contributed by atoms with E-state index in [0.29, 0.717) is 0 Å². The molecule has 1 aromatic carbocycles. The third-order valence-corrected chi connectivity index (χ3v) is 2.96. The van der Waals surface area contributed by atoms with Crippen LogP contribution >= 0.6 is 11.6 Å². The maximum atomic E-state index is 13.6. The zero-order valence-electron chi connectivity index (χ0n) is 10.2. The number of hydrogen-bond donors (Lipinski definition) is 1. The Morgan fingerprint density at radius 3 is 2.63 bits per heavy atom. The third-order valence-electron chi connectivity index (χ3n) is 2.73. The average molecular weight is 279 g/mol. The fourth-order valence-corrected chi connectivity index (χ4v) is 1.84. The number of carbonyl (C=O) groups is 1. The number of nitrogens with one attached hydrogen (secondary N) is 1. The van der Waals surface area contributed by atoms with Crippen LogP contribution in [0.1, 0.15) is 28.9 Å². The van der Waals surface area contributed by atoms with Gasteiger partial charge in [0, 0.05) is 17.4 Å². The Balaban J connectivity index is 2.13. The first-order valence-electron chi connectivity index (χ1n) is 5.74. The molecule has 1 amide bonds. The van der Waals surface area contributed by atoms with Crippen molar-refractivity contribution in [3.05, 3.63) is 64.7 Å². The predicted octanol–water partition coefficient (Wildman–Crippen LogP) is 3.37. The van der Waals surface area contributed by atoms with Crippen LogP contribution in [0.15, 0.2) is 42.7 Å². The molecule has 1 atom stereocenters. The minimum absolute atomic E-state index is 0.0229. The number of hydrogen-bond acceptors (Lipinski definition) is 2. The van der Waals surface area contributed by atoms with Gasteiger partial charge in [-0.05, 0) is 42.8 Å². The van der Waals surface area contributed by atoms with Crippen LogP contribution in [0, 0.1) is 5.82 Å². The average Bonchev–Trinajstić information content (AvgIpc) is 2.39. The van der Waals surface area contributed by atoms with E-state index >= 15 is 0 Å². The molecular formula is C14H12ClFN2O. The highest BCUT2D eigenvalue weighted by Gasteiger charge is 2.15. The molecule has 0 radical (unpaired) electrons. The second-order valence-electron chi connectivity index (χ2n) is 4.10. The van der Waals surface area contributed by atoms with Gasteiger partial charge in [0.05, 0.1) is 11.6 Å². The summed E-state index contributed by atoms with van der Waals surface area (Å²) in [5, 5.41) is 2.98. The first-order chi connectivity index (χ1) is 9.08. The zero-order valence-corrected chi connectivity index (χ0v) is 11.0. The van der Waals surface area contributed by atoms with Crippen molar-refractivity contribution in [2.75, 3.05) is 0 Å². The standard InChI is InChI=1S/C14H12ClFN2O/c1-9(10-4-6-17-7-5-10)18-14(19)12-3-2-11(15)8-13(12)16/h2-9H,1H3,(H,18,19). The van der Waals surface area contributed by atoms with Crippen LogP contribution in [0.3, 0.4) is 0 Å². The van der Waals surface area contributed by atoms with Gasteiger partial charge in [-0.3, -0.25) is 9.78 Å². The topological polar surface area (TPSA) is 42.0 Å². The molecule has 0 saturated heterocycles. The van der Waals surface area contributed by atoms with E-state index < -0.39 is 11.7 Å². The lowest BCUT2D eigenvalue weighted by Gasteiger charge is -2.14. The summed E-state index contributed by atoms with van der Waals surface area (Å²) in [7, 11) is 0. The van der Waals surface area contributed by atoms with Crippen molar-refractivity contribution in [1.29, 1.82) is 0 Å². The van der Waals surface area contributed by atoms with Gasteiger partial charge in [0.1, 0.15) is 5.82 Å². The Labute approximate surface area is 115 Å². The summed E-state index contributed by atoms with van der Waals surface area (Å²) in [6.07, 6.45) is 3.28. The van der Waals surface area contributed by atoms with Crippen LogP contribution in [0.25, 0.3) is 0 Å². The van der Waals surface area contributed by atoms with Gasteiger partial charge >= 0.3 is 0 Å². The fraction of sp³-hybridized carbons (Fsp3) is 0.143. The molecule has 1 N–H and O–H groups in total. The number of aromatic nitrogens is 1. The minimum Gasteiger partial charge on any atom is -0.345 e. The van der Waals surface area contributed by atoms with Crippen LogP contribution in [-0.2, 0) is 0 Å². The normalized spacial score (nSPS) is 11.9. The first-order valence-corrected chi connectivity index (χ1v) is 6.11. The van der Waals surface area contributed by atoms with Gasteiger partial charge < -0.3 is 5.32 Å². The van der Waals surface area contributed by atoms with Gasteiger partial charge in [-0.1, -0.05) is 11.6 Å². The Hall–Kier alpha value is -1.94. The summed E-state index contributed by atoms with van der Waals surface area (Å²) in [6.45, 7) is 1.82. The second kappa shape index (κ2) is 5.80. The van der Waals surface area contributed by atoms with Crippen molar-refractivity contribution in [3.63, 3.8) is 0 Å².